The summed E-state index contributed by atoms with van der Waals surface area (Å²) >= 11 is 0. The van der Waals surface area contributed by atoms with Gasteiger partial charge in [0.2, 0.25) is 0 Å². The third-order valence-corrected chi connectivity index (χ3v) is 16.0. The van der Waals surface area contributed by atoms with Crippen molar-refractivity contribution in [2.75, 3.05) is 13.2 Å². The third kappa shape index (κ3) is 72.5. The van der Waals surface area contributed by atoms with Gasteiger partial charge in [-0.25, -0.2) is 0 Å². The zero-order valence-corrected chi connectivity index (χ0v) is 56.5. The zero-order chi connectivity index (χ0) is 61.9. The minimum Gasteiger partial charge on any atom is -0.462 e. The Balaban J connectivity index is 3.54. The van der Waals surface area contributed by atoms with E-state index in [-0.39, 0.29) is 25.2 Å². The number of ether oxygens (including phenoxy) is 2. The predicted octanol–water partition coefficient (Wildman–Crippen LogP) is 25.9. The normalized spacial score (nSPS) is 13.0. The monoisotopic (exact) mass is 1190 g/mol. The van der Waals surface area contributed by atoms with Gasteiger partial charge < -0.3 is 14.6 Å². The highest BCUT2D eigenvalue weighted by molar-refractivity contribution is 5.70. The number of aliphatic hydroxyl groups is 1. The molecule has 0 heterocycles. The van der Waals surface area contributed by atoms with E-state index in [0.29, 0.717) is 12.8 Å². The first-order chi connectivity index (χ1) is 42.6. The molecule has 5 heteroatoms. The Morgan fingerprint density at radius 3 is 0.756 bits per heavy atom. The molecule has 0 aromatic rings. The maximum absolute atomic E-state index is 12.4. The minimum atomic E-state index is -0.792. The van der Waals surface area contributed by atoms with Gasteiger partial charge in [-0.3, -0.25) is 9.59 Å². The predicted molar refractivity (Wildman–Crippen MR) is 380 cm³/mol. The van der Waals surface area contributed by atoms with Crippen molar-refractivity contribution < 1.29 is 24.2 Å². The number of aliphatic hydroxyl groups excluding tert-OH is 1. The molecule has 0 rings (SSSR count). The van der Waals surface area contributed by atoms with Gasteiger partial charge in [-0.15, -0.1) is 0 Å². The molecule has 86 heavy (non-hydrogen) atoms. The summed E-state index contributed by atoms with van der Waals surface area (Å²) in [5.41, 5.74) is 0. The fraction of sp³-hybridized carbons (Fsp3) is 0.704. The van der Waals surface area contributed by atoms with Crippen LogP contribution in [0.3, 0.4) is 0 Å². The van der Waals surface area contributed by atoms with E-state index in [4.69, 9.17) is 9.47 Å². The van der Waals surface area contributed by atoms with Crippen LogP contribution >= 0.6 is 0 Å². The lowest BCUT2D eigenvalue weighted by Gasteiger charge is -2.15. The number of allylic oxidation sites excluding steroid dienone is 22. The standard InChI is InChI=1S/C81H138O5/c1-3-5-7-9-11-13-15-17-19-21-23-25-27-29-31-33-35-37-38-39-40-41-42-44-46-48-50-52-54-56-58-60-62-64-66-68-70-72-74-76-81(84)86-79(77-82)78-85-80(83)75-73-71-69-67-65-63-61-59-57-55-53-51-49-47-45-43-36-34-32-30-28-26-24-22-20-18-16-14-12-10-8-6-4-2/h5,7,11,13,17,19,23,25,29,31,35,37,39-40,42,44,48,50,54,56,60,62,79,82H,3-4,6,8-10,12,14-16,18,20-22,24,26-28,30,32-34,36,38,41,43,45-47,49,51-53,55,57-59,61,63-78H2,1-2H3/b7-5-,13-11-,19-17-,25-23-,31-29-,37-35-,40-39-,44-42-,50-48-,56-54-,62-60-. The molecule has 0 aliphatic carbocycles. The van der Waals surface area contributed by atoms with Crippen LogP contribution in [0, 0.1) is 0 Å². The van der Waals surface area contributed by atoms with E-state index in [0.717, 1.165) is 128 Å². The zero-order valence-electron chi connectivity index (χ0n) is 56.5. The summed E-state index contributed by atoms with van der Waals surface area (Å²) in [4.78, 5) is 24.7. The number of rotatable bonds is 67. The SMILES string of the molecule is CC/C=C\C/C=C\C/C=C\C/C=C\C/C=C\C/C=C\C/C=C\C/C=C\C/C=C\C/C=C\C/C=C\CCCCCCCC(=O)OC(CO)COC(=O)CCCCCCCCCCCCCCCCCCCCCCCCCCCCCCCCCCC. The van der Waals surface area contributed by atoms with Crippen LogP contribution in [0.1, 0.15) is 348 Å². The van der Waals surface area contributed by atoms with Crippen molar-refractivity contribution in [3.05, 3.63) is 134 Å². The molecule has 0 fully saturated rings. The Labute approximate surface area is 534 Å². The van der Waals surface area contributed by atoms with E-state index >= 15 is 0 Å². The van der Waals surface area contributed by atoms with Gasteiger partial charge in [0.25, 0.3) is 0 Å². The number of carbonyl (C=O) groups is 2. The average Bonchev–Trinajstić information content (AvgIpc) is 3.55. The molecule has 0 amide bonds. The highest BCUT2D eigenvalue weighted by atomic mass is 16.6. The molecule has 0 aliphatic rings. The molecule has 0 aliphatic heterocycles. The van der Waals surface area contributed by atoms with Crippen LogP contribution in [0.4, 0.5) is 0 Å². The summed E-state index contributed by atoms with van der Waals surface area (Å²) in [5.74, 6) is -0.607. The molecule has 5 nitrogen and oxygen atoms in total. The van der Waals surface area contributed by atoms with Crippen LogP contribution in [0.2, 0.25) is 0 Å². The van der Waals surface area contributed by atoms with E-state index in [9.17, 15) is 14.7 Å². The minimum absolute atomic E-state index is 0.0777. The highest BCUT2D eigenvalue weighted by Crippen LogP contribution is 2.18. The maximum atomic E-state index is 12.4. The van der Waals surface area contributed by atoms with Crippen molar-refractivity contribution in [3.8, 4) is 0 Å². The van der Waals surface area contributed by atoms with E-state index in [1.807, 2.05) is 0 Å². The van der Waals surface area contributed by atoms with Crippen LogP contribution in [0.25, 0.3) is 0 Å². The molecule has 0 radical (unpaired) electrons. The fourth-order valence-electron chi connectivity index (χ4n) is 10.5. The maximum Gasteiger partial charge on any atom is 0.306 e. The Bertz CT molecular complexity index is 1730. The van der Waals surface area contributed by atoms with Crippen LogP contribution in [-0.4, -0.2) is 36.4 Å². The van der Waals surface area contributed by atoms with Gasteiger partial charge in [0.1, 0.15) is 6.61 Å². The van der Waals surface area contributed by atoms with Gasteiger partial charge in [0.05, 0.1) is 6.61 Å². The second-order valence-electron chi connectivity index (χ2n) is 24.3. The van der Waals surface area contributed by atoms with Crippen LogP contribution in [0.5, 0.6) is 0 Å². The Kier molecular flexibility index (Phi) is 71.8. The van der Waals surface area contributed by atoms with Gasteiger partial charge in [-0.2, -0.15) is 0 Å². The van der Waals surface area contributed by atoms with Crippen molar-refractivity contribution in [1.82, 2.24) is 0 Å². The molecular weight excluding hydrogens is 1050 g/mol. The highest BCUT2D eigenvalue weighted by Gasteiger charge is 2.16. The average molecular weight is 1190 g/mol. The molecule has 0 aromatic carbocycles. The lowest BCUT2D eigenvalue weighted by atomic mass is 10.0. The number of hydrogen-bond acceptors (Lipinski definition) is 5. The van der Waals surface area contributed by atoms with Gasteiger partial charge in [-0.05, 0) is 96.3 Å². The summed E-state index contributed by atoms with van der Waals surface area (Å²) in [6, 6.07) is 0. The molecular formula is C81H138O5. The summed E-state index contributed by atoms with van der Waals surface area (Å²) in [7, 11) is 0. The van der Waals surface area contributed by atoms with E-state index in [1.54, 1.807) is 0 Å². The molecule has 0 aromatic heterocycles. The van der Waals surface area contributed by atoms with Gasteiger partial charge >= 0.3 is 11.9 Å². The molecule has 0 spiro atoms. The quantitative estimate of drug-likeness (QED) is 0.0373. The second kappa shape index (κ2) is 75.3. The smallest absolute Gasteiger partial charge is 0.306 e. The van der Waals surface area contributed by atoms with Crippen molar-refractivity contribution in [3.63, 3.8) is 0 Å². The van der Waals surface area contributed by atoms with Crippen LogP contribution in [0.15, 0.2) is 134 Å². The lowest BCUT2D eigenvalue weighted by Crippen LogP contribution is -2.28. The van der Waals surface area contributed by atoms with E-state index < -0.39 is 6.10 Å². The fourth-order valence-corrected chi connectivity index (χ4v) is 10.5. The molecule has 1 atom stereocenters. The van der Waals surface area contributed by atoms with E-state index in [2.05, 4.69) is 148 Å². The van der Waals surface area contributed by atoms with Crippen LogP contribution < -0.4 is 0 Å². The summed E-state index contributed by atoms with van der Waals surface area (Å²) in [6.07, 6.45) is 112. The first kappa shape index (κ1) is 82.0. The Morgan fingerprint density at radius 2 is 0.500 bits per heavy atom. The van der Waals surface area contributed by atoms with Gasteiger partial charge in [-0.1, -0.05) is 372 Å². The lowest BCUT2D eigenvalue weighted by molar-refractivity contribution is -0.161. The summed E-state index contributed by atoms with van der Waals surface area (Å²) in [6.45, 7) is 4.05. The topological polar surface area (TPSA) is 72.8 Å². The molecule has 0 saturated carbocycles. The largest absolute Gasteiger partial charge is 0.462 e. The second-order valence-corrected chi connectivity index (χ2v) is 24.3. The molecule has 0 bridgehead atoms. The van der Waals surface area contributed by atoms with E-state index in [1.165, 1.54) is 193 Å². The number of esters is 2. The summed E-state index contributed by atoms with van der Waals surface area (Å²) in [5, 5.41) is 9.71. The number of carbonyl (C=O) groups excluding carboxylic acids is 2. The number of unbranched alkanes of at least 4 members (excludes halogenated alkanes) is 37. The summed E-state index contributed by atoms with van der Waals surface area (Å²) < 4.78 is 10.7. The van der Waals surface area contributed by atoms with Crippen molar-refractivity contribution in [2.24, 2.45) is 0 Å². The third-order valence-electron chi connectivity index (χ3n) is 16.0. The Hall–Kier alpha value is -3.96. The Morgan fingerprint density at radius 1 is 0.279 bits per heavy atom. The first-order valence-corrected chi connectivity index (χ1v) is 36.7. The van der Waals surface area contributed by atoms with Gasteiger partial charge in [0.15, 0.2) is 6.10 Å². The van der Waals surface area contributed by atoms with Crippen LogP contribution in [-0.2, 0) is 19.1 Å². The molecule has 492 valence electrons. The van der Waals surface area contributed by atoms with Gasteiger partial charge in [0, 0.05) is 12.8 Å². The van der Waals surface area contributed by atoms with Crippen molar-refractivity contribution in [1.29, 1.82) is 0 Å². The number of hydrogen-bond donors (Lipinski definition) is 1. The molecule has 1 unspecified atom stereocenters. The molecule has 0 saturated heterocycles. The van der Waals surface area contributed by atoms with Crippen molar-refractivity contribution >= 4 is 11.9 Å². The first-order valence-electron chi connectivity index (χ1n) is 36.7. The molecule has 1 N–H and O–H groups in total. The van der Waals surface area contributed by atoms with Crippen molar-refractivity contribution in [2.45, 2.75) is 354 Å².